The highest BCUT2D eigenvalue weighted by Gasteiger charge is 2.26. The Bertz CT molecular complexity index is 954. The van der Waals surface area contributed by atoms with Gasteiger partial charge in [-0.25, -0.2) is 9.67 Å². The van der Waals surface area contributed by atoms with Gasteiger partial charge in [-0.15, -0.1) is 5.10 Å². The predicted octanol–water partition coefficient (Wildman–Crippen LogP) is 1.75. The Balaban J connectivity index is 1.47. The van der Waals surface area contributed by atoms with Gasteiger partial charge in [-0.2, -0.15) is 4.98 Å². The topological polar surface area (TPSA) is 98.9 Å². The second kappa shape index (κ2) is 7.71. The highest BCUT2D eigenvalue weighted by atomic mass is 16.5. The molecule has 1 amide bonds. The molecule has 0 radical (unpaired) electrons. The zero-order valence-corrected chi connectivity index (χ0v) is 15.8. The molecule has 0 unspecified atom stereocenters. The first-order valence-electron chi connectivity index (χ1n) is 9.20. The smallest absolute Gasteiger partial charge is 0.254 e. The van der Waals surface area contributed by atoms with Crippen LogP contribution in [-0.2, 0) is 0 Å². The van der Waals surface area contributed by atoms with E-state index < -0.39 is 0 Å². The van der Waals surface area contributed by atoms with E-state index in [1.54, 1.807) is 12.1 Å². The molecule has 1 atom stereocenters. The third kappa shape index (κ3) is 3.98. The van der Waals surface area contributed by atoms with Gasteiger partial charge in [-0.3, -0.25) is 4.79 Å². The van der Waals surface area contributed by atoms with Crippen LogP contribution in [0.2, 0.25) is 0 Å². The van der Waals surface area contributed by atoms with Gasteiger partial charge >= 0.3 is 0 Å². The second-order valence-corrected chi connectivity index (χ2v) is 6.83. The maximum Gasteiger partial charge on any atom is 0.254 e. The summed E-state index contributed by atoms with van der Waals surface area (Å²) in [6.07, 6.45) is 3.18. The van der Waals surface area contributed by atoms with E-state index in [1.807, 2.05) is 36.9 Å². The summed E-state index contributed by atoms with van der Waals surface area (Å²) in [5.41, 5.74) is 2.21. The lowest BCUT2D eigenvalue weighted by molar-refractivity contribution is 0.0526. The number of rotatable bonds is 4. The Hall–Kier alpha value is -3.36. The Morgan fingerprint density at radius 1 is 1.21 bits per heavy atom. The van der Waals surface area contributed by atoms with Crippen molar-refractivity contribution in [3.05, 3.63) is 53.7 Å². The zero-order valence-electron chi connectivity index (χ0n) is 15.8. The van der Waals surface area contributed by atoms with Crippen LogP contribution < -0.4 is 4.74 Å². The number of aromatic nitrogens is 6. The van der Waals surface area contributed by atoms with Gasteiger partial charge in [0.25, 0.3) is 5.91 Å². The van der Waals surface area contributed by atoms with Crippen molar-refractivity contribution in [2.24, 2.45) is 0 Å². The fourth-order valence-electron chi connectivity index (χ4n) is 3.38. The summed E-state index contributed by atoms with van der Waals surface area (Å²) in [7, 11) is 0. The number of aryl methyl sites for hydroxylation is 2. The SMILES string of the molecule is Cc1cc(O[C@@H]2CCCN(C(=O)c3cccc(-n4cnnn4)c3)C2)nc(C)n1. The fourth-order valence-corrected chi connectivity index (χ4v) is 3.38. The van der Waals surface area contributed by atoms with Crippen LogP contribution in [0.5, 0.6) is 5.88 Å². The third-order valence-corrected chi connectivity index (χ3v) is 4.60. The van der Waals surface area contributed by atoms with Crippen molar-refractivity contribution in [3.63, 3.8) is 0 Å². The van der Waals surface area contributed by atoms with Crippen LogP contribution in [-0.4, -0.2) is 60.2 Å². The van der Waals surface area contributed by atoms with E-state index in [4.69, 9.17) is 4.74 Å². The van der Waals surface area contributed by atoms with Gasteiger partial charge in [-0.1, -0.05) is 6.07 Å². The maximum atomic E-state index is 13.0. The van der Waals surface area contributed by atoms with E-state index >= 15 is 0 Å². The van der Waals surface area contributed by atoms with Crippen LogP contribution in [0, 0.1) is 13.8 Å². The van der Waals surface area contributed by atoms with Crippen molar-refractivity contribution >= 4 is 5.91 Å². The minimum absolute atomic E-state index is 0.0294. The van der Waals surface area contributed by atoms with Crippen LogP contribution in [0.15, 0.2) is 36.7 Å². The first-order chi connectivity index (χ1) is 13.6. The number of hydrogen-bond acceptors (Lipinski definition) is 7. The molecule has 0 aliphatic carbocycles. The lowest BCUT2D eigenvalue weighted by Crippen LogP contribution is -2.44. The molecule has 144 valence electrons. The second-order valence-electron chi connectivity index (χ2n) is 6.83. The number of amides is 1. The molecular formula is C19H21N7O2. The van der Waals surface area contributed by atoms with Gasteiger partial charge in [0.15, 0.2) is 0 Å². The number of likely N-dealkylation sites (tertiary alicyclic amines) is 1. The Labute approximate surface area is 162 Å². The van der Waals surface area contributed by atoms with Gasteiger partial charge < -0.3 is 9.64 Å². The Morgan fingerprint density at radius 3 is 2.89 bits per heavy atom. The van der Waals surface area contributed by atoms with Crippen LogP contribution in [0.3, 0.4) is 0 Å². The summed E-state index contributed by atoms with van der Waals surface area (Å²) in [6.45, 7) is 4.98. The first kappa shape index (κ1) is 18.0. The summed E-state index contributed by atoms with van der Waals surface area (Å²) in [6, 6.07) is 9.10. The number of ether oxygens (including phenoxy) is 1. The first-order valence-corrected chi connectivity index (χ1v) is 9.20. The van der Waals surface area contributed by atoms with Crippen molar-refractivity contribution in [3.8, 4) is 11.6 Å². The molecule has 0 bridgehead atoms. The molecule has 1 fully saturated rings. The van der Waals surface area contributed by atoms with Crippen LogP contribution >= 0.6 is 0 Å². The quantitative estimate of drug-likeness (QED) is 0.681. The molecule has 3 aromatic rings. The highest BCUT2D eigenvalue weighted by Crippen LogP contribution is 2.20. The summed E-state index contributed by atoms with van der Waals surface area (Å²) in [5.74, 6) is 1.21. The van der Waals surface area contributed by atoms with Crippen molar-refractivity contribution < 1.29 is 9.53 Å². The molecule has 9 nitrogen and oxygen atoms in total. The molecular weight excluding hydrogens is 358 g/mol. The lowest BCUT2D eigenvalue weighted by Gasteiger charge is -2.32. The largest absolute Gasteiger partial charge is 0.472 e. The van der Waals surface area contributed by atoms with Gasteiger partial charge in [0.2, 0.25) is 5.88 Å². The molecule has 3 heterocycles. The summed E-state index contributed by atoms with van der Waals surface area (Å²) >= 11 is 0. The number of piperidine rings is 1. The number of carbonyl (C=O) groups is 1. The van der Waals surface area contributed by atoms with E-state index in [0.717, 1.165) is 24.2 Å². The molecule has 2 aromatic heterocycles. The molecule has 1 aromatic carbocycles. The monoisotopic (exact) mass is 379 g/mol. The molecule has 0 spiro atoms. The van der Waals surface area contributed by atoms with Crippen LogP contribution in [0.4, 0.5) is 0 Å². The number of carbonyl (C=O) groups excluding carboxylic acids is 1. The summed E-state index contributed by atoms with van der Waals surface area (Å²) < 4.78 is 7.57. The molecule has 1 aliphatic heterocycles. The van der Waals surface area contributed by atoms with Crippen molar-refractivity contribution in [1.82, 2.24) is 35.1 Å². The number of nitrogens with zero attached hydrogens (tertiary/aromatic N) is 7. The molecule has 9 heteroatoms. The zero-order chi connectivity index (χ0) is 19.5. The molecule has 0 saturated carbocycles. The third-order valence-electron chi connectivity index (χ3n) is 4.60. The van der Waals surface area contributed by atoms with Crippen molar-refractivity contribution in [1.29, 1.82) is 0 Å². The van der Waals surface area contributed by atoms with Gasteiger partial charge in [-0.05, 0) is 55.3 Å². The van der Waals surface area contributed by atoms with E-state index in [-0.39, 0.29) is 12.0 Å². The average Bonchev–Trinajstić information content (AvgIpc) is 3.22. The number of benzene rings is 1. The molecule has 1 aliphatic rings. The molecule has 28 heavy (non-hydrogen) atoms. The highest BCUT2D eigenvalue weighted by molar-refractivity contribution is 5.94. The average molecular weight is 379 g/mol. The minimum atomic E-state index is -0.0888. The lowest BCUT2D eigenvalue weighted by atomic mass is 10.1. The predicted molar refractivity (Wildman–Crippen MR) is 100 cm³/mol. The Kier molecular flexibility index (Phi) is 4.96. The number of tetrazole rings is 1. The molecule has 4 rings (SSSR count). The summed E-state index contributed by atoms with van der Waals surface area (Å²) in [4.78, 5) is 23.4. The molecule has 1 saturated heterocycles. The van der Waals surface area contributed by atoms with E-state index in [2.05, 4.69) is 25.5 Å². The minimum Gasteiger partial charge on any atom is -0.472 e. The van der Waals surface area contributed by atoms with Crippen LogP contribution in [0.1, 0.15) is 34.7 Å². The van der Waals surface area contributed by atoms with Gasteiger partial charge in [0, 0.05) is 23.9 Å². The maximum absolute atomic E-state index is 13.0. The van der Waals surface area contributed by atoms with E-state index in [0.29, 0.717) is 30.4 Å². The fraction of sp³-hybridized carbons (Fsp3) is 0.368. The number of hydrogen-bond donors (Lipinski definition) is 0. The Morgan fingerprint density at radius 2 is 2.11 bits per heavy atom. The van der Waals surface area contributed by atoms with Gasteiger partial charge in [0.05, 0.1) is 12.2 Å². The van der Waals surface area contributed by atoms with Gasteiger partial charge in [0.1, 0.15) is 18.3 Å². The molecule has 0 N–H and O–H groups in total. The standard InChI is InChI=1S/C19H21N7O2/c1-13-9-18(22-14(2)21-13)28-17-7-4-8-25(11-17)19(27)15-5-3-6-16(10-15)26-12-20-23-24-26/h3,5-6,9-10,12,17H,4,7-8,11H2,1-2H3/t17-/m1/s1. The van der Waals surface area contributed by atoms with Crippen LogP contribution in [0.25, 0.3) is 5.69 Å². The normalized spacial score (nSPS) is 16.8. The van der Waals surface area contributed by atoms with E-state index in [9.17, 15) is 4.79 Å². The van der Waals surface area contributed by atoms with Crippen molar-refractivity contribution in [2.75, 3.05) is 13.1 Å². The van der Waals surface area contributed by atoms with Crippen molar-refractivity contribution in [2.45, 2.75) is 32.8 Å². The van der Waals surface area contributed by atoms with E-state index in [1.165, 1.54) is 11.0 Å². The summed E-state index contributed by atoms with van der Waals surface area (Å²) in [5, 5.41) is 11.1.